The Kier molecular flexibility index (Phi) is 10.6. The standard InChI is InChI=1S/C56H60N4/c1-30-22-34(5)50(35(6)23-30)42-14-13-15-43(57)54(51-36(7)24-31(2)25-37(51)8)45-18-19-47(59-45)56(53-40(11)28-33(4)29-41(53)12)49-21-20-48(60-49)55(46-17-16-44(42)58-46)52-38(9)26-32(3)27-39(52)10/h13,15-29,48,58-60H,14,57H2,1-12H3/b15-13-,44-42+,54-43+,55-46+,56-49+. The van der Waals surface area contributed by atoms with Crippen LogP contribution in [0.1, 0.15) is 107 Å². The van der Waals surface area contributed by atoms with Crippen molar-refractivity contribution in [3.63, 3.8) is 0 Å². The first-order valence-electron chi connectivity index (χ1n) is 21.4. The van der Waals surface area contributed by atoms with Crippen molar-refractivity contribution < 1.29 is 0 Å². The first-order valence-corrected chi connectivity index (χ1v) is 21.4. The van der Waals surface area contributed by atoms with Crippen LogP contribution in [0.3, 0.4) is 0 Å². The summed E-state index contributed by atoms with van der Waals surface area (Å²) in [7, 11) is 0. The number of nitrogens with two attached hydrogens (primary N) is 1. The lowest BCUT2D eigenvalue weighted by Crippen LogP contribution is -2.30. The second-order valence-corrected chi connectivity index (χ2v) is 17.8. The van der Waals surface area contributed by atoms with Crippen molar-refractivity contribution >= 4 is 22.3 Å². The summed E-state index contributed by atoms with van der Waals surface area (Å²) in [6.45, 7) is 26.6. The van der Waals surface area contributed by atoms with E-state index >= 15 is 0 Å². The van der Waals surface area contributed by atoms with Gasteiger partial charge in [0.25, 0.3) is 0 Å². The maximum atomic E-state index is 7.33. The fourth-order valence-corrected chi connectivity index (χ4v) is 10.6. The highest BCUT2D eigenvalue weighted by atomic mass is 15.0. The molecule has 8 rings (SSSR count). The summed E-state index contributed by atoms with van der Waals surface area (Å²) in [6, 6.07) is 27.3. The normalized spacial score (nSPS) is 20.4. The van der Waals surface area contributed by atoms with Gasteiger partial charge in [-0.25, -0.2) is 0 Å². The van der Waals surface area contributed by atoms with Crippen molar-refractivity contribution in [2.45, 2.75) is 95.5 Å². The van der Waals surface area contributed by atoms with Gasteiger partial charge in [-0.3, -0.25) is 0 Å². The topological polar surface area (TPSA) is 69.6 Å². The van der Waals surface area contributed by atoms with E-state index in [1.165, 1.54) is 94.6 Å². The molecule has 60 heavy (non-hydrogen) atoms. The number of aromatic amines is 2. The molecule has 304 valence electrons. The molecular weight excluding hydrogens is 729 g/mol. The molecule has 2 aliphatic heterocycles. The van der Waals surface area contributed by atoms with E-state index < -0.39 is 0 Å². The number of fused-ring (bicyclic) bond motifs is 6. The quantitative estimate of drug-likeness (QED) is 0.144. The van der Waals surface area contributed by atoms with Crippen molar-refractivity contribution in [2.24, 2.45) is 5.73 Å². The Labute approximate surface area is 357 Å². The van der Waals surface area contributed by atoms with Crippen LogP contribution in [0.15, 0.2) is 108 Å². The van der Waals surface area contributed by atoms with E-state index in [0.29, 0.717) is 6.42 Å². The number of benzene rings is 4. The van der Waals surface area contributed by atoms with Crippen molar-refractivity contribution in [1.29, 1.82) is 0 Å². The van der Waals surface area contributed by atoms with Crippen molar-refractivity contribution in [3.05, 3.63) is 220 Å². The Bertz CT molecular complexity index is 2910. The Hall–Kier alpha value is -6.26. The Morgan fingerprint density at radius 2 is 0.900 bits per heavy atom. The summed E-state index contributed by atoms with van der Waals surface area (Å²) in [5.41, 5.74) is 35.8. The van der Waals surface area contributed by atoms with E-state index in [-0.39, 0.29) is 6.04 Å². The Morgan fingerprint density at radius 3 is 1.42 bits per heavy atom. The summed E-state index contributed by atoms with van der Waals surface area (Å²) in [5.74, 6) is 0. The monoisotopic (exact) mass is 788 g/mol. The molecule has 0 spiro atoms. The molecule has 0 aliphatic carbocycles. The summed E-state index contributed by atoms with van der Waals surface area (Å²) >= 11 is 0. The molecule has 6 bridgehead atoms. The lowest BCUT2D eigenvalue weighted by atomic mass is 9.89. The number of rotatable bonds is 4. The van der Waals surface area contributed by atoms with Gasteiger partial charge in [-0.15, -0.1) is 0 Å². The number of aromatic nitrogens is 2. The van der Waals surface area contributed by atoms with E-state index in [2.05, 4.69) is 195 Å². The average Bonchev–Trinajstić information content (AvgIpc) is 3.93. The molecule has 1 unspecified atom stereocenters. The van der Waals surface area contributed by atoms with Crippen LogP contribution in [0.5, 0.6) is 0 Å². The maximum Gasteiger partial charge on any atom is 0.0728 e. The lowest BCUT2D eigenvalue weighted by Gasteiger charge is -2.22. The van der Waals surface area contributed by atoms with E-state index in [4.69, 9.17) is 5.73 Å². The van der Waals surface area contributed by atoms with Crippen LogP contribution in [0.4, 0.5) is 0 Å². The Balaban J connectivity index is 1.50. The van der Waals surface area contributed by atoms with Gasteiger partial charge in [0.15, 0.2) is 0 Å². The second kappa shape index (κ2) is 15.7. The van der Waals surface area contributed by atoms with E-state index in [1.54, 1.807) is 0 Å². The summed E-state index contributed by atoms with van der Waals surface area (Å²) < 4.78 is 0. The molecule has 2 aromatic heterocycles. The lowest BCUT2D eigenvalue weighted by molar-refractivity contribution is 0.852. The molecule has 4 heterocycles. The molecule has 0 radical (unpaired) electrons. The largest absolute Gasteiger partial charge is 0.398 e. The number of nitrogens with one attached hydrogen (secondary N) is 3. The van der Waals surface area contributed by atoms with E-state index in [0.717, 1.165) is 50.2 Å². The molecule has 4 nitrogen and oxygen atoms in total. The summed E-state index contributed by atoms with van der Waals surface area (Å²) in [6.07, 6.45) is 9.72. The van der Waals surface area contributed by atoms with Crippen LogP contribution in [0.2, 0.25) is 0 Å². The highest BCUT2D eigenvalue weighted by molar-refractivity contribution is 5.90. The molecule has 4 heteroatoms. The molecule has 0 amide bonds. The van der Waals surface area contributed by atoms with Crippen LogP contribution in [0, 0.1) is 83.1 Å². The summed E-state index contributed by atoms with van der Waals surface area (Å²) in [5, 5.41) is 6.31. The average molecular weight is 789 g/mol. The minimum Gasteiger partial charge on any atom is -0.398 e. The highest BCUT2D eigenvalue weighted by Gasteiger charge is 2.28. The fraction of sp³-hybridized carbons (Fsp3) is 0.250. The summed E-state index contributed by atoms with van der Waals surface area (Å²) in [4.78, 5) is 7.97. The van der Waals surface area contributed by atoms with Gasteiger partial charge in [0, 0.05) is 50.2 Å². The predicted octanol–water partition coefficient (Wildman–Crippen LogP) is 11.1. The SMILES string of the molecule is Cc1cc(C)c(/C2=C(N)\C=C/C/C(c3c(C)cc(C)cc3C)=c3/cc/c([nH]3)=C(\c3c(C)cc(C)cc3C)C3C=C/C(=C(\c4c(C)cc(C)cc4C)c4ccc2[nH]4)N3)c(C)c1. The zero-order valence-corrected chi connectivity index (χ0v) is 37.6. The third-order valence-corrected chi connectivity index (χ3v) is 12.6. The number of allylic oxidation sites excluding steroid dienone is 3. The predicted molar refractivity (Wildman–Crippen MR) is 255 cm³/mol. The van der Waals surface area contributed by atoms with Crippen molar-refractivity contribution in [2.75, 3.05) is 0 Å². The van der Waals surface area contributed by atoms with Crippen LogP contribution in [-0.4, -0.2) is 16.0 Å². The van der Waals surface area contributed by atoms with Crippen LogP contribution < -0.4 is 21.7 Å². The second-order valence-electron chi connectivity index (χ2n) is 17.8. The van der Waals surface area contributed by atoms with Crippen molar-refractivity contribution in [1.82, 2.24) is 15.3 Å². The van der Waals surface area contributed by atoms with Crippen LogP contribution in [0.25, 0.3) is 22.3 Å². The molecular formula is C56H60N4. The molecule has 5 N–H and O–H groups in total. The molecule has 0 saturated heterocycles. The molecule has 0 saturated carbocycles. The van der Waals surface area contributed by atoms with Gasteiger partial charge in [-0.05, 0) is 198 Å². The Morgan fingerprint density at radius 1 is 0.467 bits per heavy atom. The molecule has 1 atom stereocenters. The van der Waals surface area contributed by atoms with E-state index in [1.807, 2.05) is 0 Å². The first kappa shape index (κ1) is 40.5. The van der Waals surface area contributed by atoms with Crippen molar-refractivity contribution in [3.8, 4) is 0 Å². The molecule has 2 aliphatic rings. The van der Waals surface area contributed by atoms with Crippen LogP contribution >= 0.6 is 0 Å². The highest BCUT2D eigenvalue weighted by Crippen LogP contribution is 2.38. The van der Waals surface area contributed by atoms with Gasteiger partial charge >= 0.3 is 0 Å². The molecule has 0 fully saturated rings. The van der Waals surface area contributed by atoms with Gasteiger partial charge in [-0.1, -0.05) is 82.9 Å². The fourth-order valence-electron chi connectivity index (χ4n) is 10.6. The molecule has 6 aromatic rings. The van der Waals surface area contributed by atoms with Gasteiger partial charge < -0.3 is 21.0 Å². The zero-order valence-electron chi connectivity index (χ0n) is 37.6. The smallest absolute Gasteiger partial charge is 0.0728 e. The minimum atomic E-state index is -0.0899. The van der Waals surface area contributed by atoms with Gasteiger partial charge in [0.2, 0.25) is 0 Å². The number of H-pyrrole nitrogens is 2. The van der Waals surface area contributed by atoms with E-state index in [9.17, 15) is 0 Å². The molecule has 4 aromatic carbocycles. The first-order chi connectivity index (χ1) is 28.6. The number of hydrogen-bond acceptors (Lipinski definition) is 2. The maximum absolute atomic E-state index is 7.33. The number of hydrogen-bond donors (Lipinski definition) is 4. The third-order valence-electron chi connectivity index (χ3n) is 12.6. The van der Waals surface area contributed by atoms with Gasteiger partial charge in [0.1, 0.15) is 0 Å². The third kappa shape index (κ3) is 7.34. The van der Waals surface area contributed by atoms with Gasteiger partial charge in [0.05, 0.1) is 6.04 Å². The minimum absolute atomic E-state index is 0.0899. The number of aryl methyl sites for hydroxylation is 12. The zero-order chi connectivity index (χ0) is 42.7. The van der Waals surface area contributed by atoms with Crippen LogP contribution in [-0.2, 0) is 0 Å². The van der Waals surface area contributed by atoms with Gasteiger partial charge in [-0.2, -0.15) is 0 Å².